The second-order valence-electron chi connectivity index (χ2n) is 7.29. The Kier molecular flexibility index (Phi) is 5.70. The molecule has 0 spiro atoms. The van der Waals surface area contributed by atoms with Crippen LogP contribution < -0.4 is 24.8 Å². The second kappa shape index (κ2) is 7.16. The van der Waals surface area contributed by atoms with Gasteiger partial charge in [0.05, 0.1) is 0 Å². The summed E-state index contributed by atoms with van der Waals surface area (Å²) in [4.78, 5) is 0. The van der Waals surface area contributed by atoms with Gasteiger partial charge in [-0.05, 0) is 0 Å². The van der Waals surface area contributed by atoms with Crippen molar-refractivity contribution in [2.75, 3.05) is 0 Å². The summed E-state index contributed by atoms with van der Waals surface area (Å²) < 4.78 is 2.98. The van der Waals surface area contributed by atoms with Gasteiger partial charge in [0.25, 0.3) is 0 Å². The summed E-state index contributed by atoms with van der Waals surface area (Å²) in [6.07, 6.45) is 11.3. The van der Waals surface area contributed by atoms with Crippen molar-refractivity contribution >= 4 is 16.9 Å². The molecule has 0 fully saturated rings. The van der Waals surface area contributed by atoms with E-state index in [1.165, 1.54) is 6.42 Å². The Morgan fingerprint density at radius 2 is 1.67 bits per heavy atom. The SMILES string of the molecule is CC1=Cc2ccccc2[CH]1[Zr+2]1([C]2=CC=CC2)=[Si]2CC[Si]=1CC2.[Cl-].[Cl-]. The Morgan fingerprint density at radius 3 is 2.29 bits per heavy atom. The molecule has 0 N–H and O–H groups in total. The van der Waals surface area contributed by atoms with Gasteiger partial charge in [-0.3, -0.25) is 0 Å². The van der Waals surface area contributed by atoms with Gasteiger partial charge in [-0.2, -0.15) is 0 Å². The summed E-state index contributed by atoms with van der Waals surface area (Å²) in [6.45, 7) is 2.47. The third-order valence-corrected chi connectivity index (χ3v) is 64.1. The molecule has 0 nitrogen and oxygen atoms in total. The molecular formula is C19H22Cl2Si2Zr. The van der Waals surface area contributed by atoms with Crippen LogP contribution in [0.4, 0.5) is 0 Å². The zero-order valence-corrected chi connectivity index (χ0v) is 20.0. The molecule has 2 aliphatic carbocycles. The van der Waals surface area contributed by atoms with E-state index in [0.717, 1.165) is 3.63 Å². The molecule has 5 heteroatoms. The Hall–Kier alpha value is 0.337. The normalized spacial score (nSPS) is 22.5. The molecule has 0 aromatic heterocycles. The average Bonchev–Trinajstić information content (AvgIpc) is 3.28. The summed E-state index contributed by atoms with van der Waals surface area (Å²) >= 11 is -2.20. The number of fused-ring (bicyclic) bond motifs is 1. The third-order valence-electron chi connectivity index (χ3n) is 6.43. The van der Waals surface area contributed by atoms with E-state index in [4.69, 9.17) is 0 Å². The van der Waals surface area contributed by atoms with Crippen molar-refractivity contribution in [3.8, 4) is 0 Å². The predicted molar refractivity (Wildman–Crippen MR) is 95.4 cm³/mol. The van der Waals surface area contributed by atoms with Crippen molar-refractivity contribution in [2.24, 2.45) is 0 Å². The van der Waals surface area contributed by atoms with Crippen LogP contribution in [0.3, 0.4) is 0 Å². The number of benzene rings is 1. The monoisotopic (exact) mass is 466 g/mol. The van der Waals surface area contributed by atoms with Crippen molar-refractivity contribution in [1.29, 1.82) is 0 Å². The van der Waals surface area contributed by atoms with Crippen molar-refractivity contribution in [3.05, 3.63) is 62.5 Å². The first-order valence-electron chi connectivity index (χ1n) is 8.65. The maximum absolute atomic E-state index is 2.61. The number of halogens is 2. The third kappa shape index (κ3) is 2.46. The van der Waals surface area contributed by atoms with Crippen molar-refractivity contribution in [3.63, 3.8) is 0 Å². The molecule has 2 aliphatic heterocycles. The zero-order valence-electron chi connectivity index (χ0n) is 14.0. The largest absolute Gasteiger partial charge is 1.00 e. The second-order valence-corrected chi connectivity index (χ2v) is 41.4. The summed E-state index contributed by atoms with van der Waals surface area (Å²) in [5.41, 5.74) is 5.04. The molecule has 2 heterocycles. The van der Waals surface area contributed by atoms with Crippen LogP contribution in [-0.2, 0) is 17.5 Å². The van der Waals surface area contributed by atoms with E-state index in [9.17, 15) is 0 Å². The van der Waals surface area contributed by atoms with E-state index in [-0.39, 0.29) is 35.7 Å². The molecule has 1 atom stereocenters. The van der Waals surface area contributed by atoms with Crippen LogP contribution in [0.15, 0.2) is 51.3 Å². The van der Waals surface area contributed by atoms with Gasteiger partial charge in [-0.1, -0.05) is 0 Å². The van der Waals surface area contributed by atoms with E-state index in [2.05, 4.69) is 55.5 Å². The van der Waals surface area contributed by atoms with E-state index < -0.39 is 17.5 Å². The van der Waals surface area contributed by atoms with Gasteiger partial charge in [0.15, 0.2) is 0 Å². The molecular weight excluding hydrogens is 447 g/mol. The molecule has 124 valence electrons. The number of rotatable bonds is 2. The Labute approximate surface area is 161 Å². The molecule has 1 aromatic carbocycles. The van der Waals surface area contributed by atoms with Crippen molar-refractivity contribution < 1.29 is 42.3 Å². The van der Waals surface area contributed by atoms with Gasteiger partial charge in [-0.15, -0.1) is 0 Å². The van der Waals surface area contributed by atoms with Gasteiger partial charge in [0.2, 0.25) is 0 Å². The standard InChI is InChI=1S/C10H9.C5H5.C4H8Si2.2ClH.Zr/c1-8-6-9-4-2-3-5-10(9)7-8;1-2-4-5-3-1;1-2-6-4-3-5-1;;;/h2-7H,1H3;1-3H,4H2;1-4H2;2*1H;/q;;;;;+2/p-2. The molecule has 0 saturated heterocycles. The maximum atomic E-state index is 2.61. The van der Waals surface area contributed by atoms with E-state index in [0.29, 0.717) is 0 Å². The minimum Gasteiger partial charge on any atom is -1.00 e. The first-order chi connectivity index (χ1) is 10.8. The van der Waals surface area contributed by atoms with Crippen LogP contribution in [0.1, 0.15) is 28.1 Å². The van der Waals surface area contributed by atoms with Gasteiger partial charge in [0, 0.05) is 0 Å². The van der Waals surface area contributed by atoms with Crippen LogP contribution in [0.2, 0.25) is 24.2 Å². The summed E-state index contributed by atoms with van der Waals surface area (Å²) in [7, 11) is 0. The molecule has 1 unspecified atom stereocenters. The quantitative estimate of drug-likeness (QED) is 0.497. The number of hydrogen-bond acceptors (Lipinski definition) is 0. The molecule has 5 rings (SSSR count). The van der Waals surface area contributed by atoms with E-state index in [1.54, 1.807) is 40.9 Å². The van der Waals surface area contributed by atoms with Gasteiger partial charge in [0.1, 0.15) is 0 Å². The van der Waals surface area contributed by atoms with E-state index in [1.807, 2.05) is 3.28 Å². The van der Waals surface area contributed by atoms with Gasteiger partial charge >= 0.3 is 138 Å². The van der Waals surface area contributed by atoms with Crippen molar-refractivity contribution in [2.45, 2.75) is 41.1 Å². The first-order valence-corrected chi connectivity index (χ1v) is 22.5. The molecule has 24 heavy (non-hydrogen) atoms. The average molecular weight is 469 g/mol. The summed E-state index contributed by atoms with van der Waals surface area (Å²) in [5.74, 6) is 0. The maximum Gasteiger partial charge on any atom is -1.00 e. The molecule has 0 saturated carbocycles. The van der Waals surface area contributed by atoms with Gasteiger partial charge in [-0.25, -0.2) is 0 Å². The molecule has 2 bridgehead atoms. The molecule has 0 radical (unpaired) electrons. The summed E-state index contributed by atoms with van der Waals surface area (Å²) in [6, 6.07) is 16.1. The topological polar surface area (TPSA) is 0 Å². The minimum atomic E-state index is -2.20. The zero-order chi connectivity index (χ0) is 14.7. The molecule has 0 amide bonds. The van der Waals surface area contributed by atoms with Gasteiger partial charge < -0.3 is 24.8 Å². The van der Waals surface area contributed by atoms with Crippen LogP contribution >= 0.6 is 0 Å². The van der Waals surface area contributed by atoms with Crippen LogP contribution in [0, 0.1) is 0 Å². The first kappa shape index (κ1) is 19.1. The fourth-order valence-electron chi connectivity index (χ4n) is 5.73. The number of allylic oxidation sites excluding steroid dienone is 5. The minimum absolute atomic E-state index is 0. The van der Waals surface area contributed by atoms with Crippen LogP contribution in [-0.4, -0.2) is 10.9 Å². The Bertz CT molecular complexity index is 879. The molecule has 1 aromatic rings. The van der Waals surface area contributed by atoms with Crippen LogP contribution in [0.5, 0.6) is 0 Å². The van der Waals surface area contributed by atoms with Crippen molar-refractivity contribution in [1.82, 2.24) is 0 Å². The predicted octanol–water partition coefficient (Wildman–Crippen LogP) is -0.839. The molecule has 4 aliphatic rings. The number of hydrogen-bond donors (Lipinski definition) is 0. The smallest absolute Gasteiger partial charge is 1.00 e. The summed E-state index contributed by atoms with van der Waals surface area (Å²) in [5, 5.41) is 0. The van der Waals surface area contributed by atoms with E-state index >= 15 is 0 Å². The fraction of sp³-hybridized carbons (Fsp3) is 0.368. The Balaban J connectivity index is 0.000000845. The van der Waals surface area contributed by atoms with Crippen LogP contribution in [0.25, 0.3) is 6.08 Å². The Morgan fingerprint density at radius 1 is 1.00 bits per heavy atom. The fourth-order valence-corrected chi connectivity index (χ4v) is 85.0.